The Hall–Kier alpha value is -3.77. The van der Waals surface area contributed by atoms with Crippen LogP contribution in [0.5, 0.6) is 0 Å². The van der Waals surface area contributed by atoms with E-state index < -0.39 is 0 Å². The third kappa shape index (κ3) is 4.61. The number of allylic oxidation sites excluding steroid dienone is 5. The van der Waals surface area contributed by atoms with Crippen molar-refractivity contribution in [3.63, 3.8) is 0 Å². The van der Waals surface area contributed by atoms with Crippen LogP contribution in [0.4, 0.5) is 0 Å². The van der Waals surface area contributed by atoms with Crippen LogP contribution in [0.1, 0.15) is 29.2 Å². The molecule has 0 bridgehead atoms. The fourth-order valence-corrected chi connectivity index (χ4v) is 3.75. The van der Waals surface area contributed by atoms with Crippen molar-refractivity contribution in [3.8, 4) is 6.07 Å². The molecule has 0 aliphatic carbocycles. The van der Waals surface area contributed by atoms with Gasteiger partial charge in [-0.3, -0.25) is 9.98 Å². The van der Waals surface area contributed by atoms with Crippen LogP contribution in [0.3, 0.4) is 0 Å². The van der Waals surface area contributed by atoms with Crippen molar-refractivity contribution in [1.29, 1.82) is 5.26 Å². The minimum Gasteiger partial charge on any atom is -0.265 e. The maximum atomic E-state index is 9.77. The normalized spacial score (nSPS) is 18.9. The van der Waals surface area contributed by atoms with Crippen molar-refractivity contribution in [3.05, 3.63) is 113 Å². The Balaban J connectivity index is 1.66. The molecule has 0 radical (unpaired) electrons. The molecule has 0 spiro atoms. The largest absolute Gasteiger partial charge is 0.265 e. The molecule has 0 amide bonds. The summed E-state index contributed by atoms with van der Waals surface area (Å²) in [5, 5.41) is 10.8. The Bertz CT molecular complexity index is 1220. The number of rotatable bonds is 5. The number of nitriles is 1. The van der Waals surface area contributed by atoms with Crippen LogP contribution in [0.25, 0.3) is 10.9 Å². The summed E-state index contributed by atoms with van der Waals surface area (Å²) >= 11 is 0. The maximum Gasteiger partial charge on any atom is 0.0994 e. The standard InChI is InChI=1S/C27H23N3/c1-20-9-12-29-13-10-22(15-20)16-24-11-14-30-27-18-23(25(19-28)17-26(24)27)8-7-21-5-3-2-4-6-21/h2-6,9-15,17-18H,7-8,16H2,1H3/b12-9-,13-10?,20-9?,20-15+,22-10+,22-15?,29-12?,29-13+. The zero-order valence-electron chi connectivity index (χ0n) is 17.0. The summed E-state index contributed by atoms with van der Waals surface area (Å²) in [6, 6.07) is 18.9. The summed E-state index contributed by atoms with van der Waals surface area (Å²) in [6.07, 6.45) is 14.2. The third-order valence-corrected chi connectivity index (χ3v) is 5.31. The van der Waals surface area contributed by atoms with E-state index in [2.05, 4.69) is 59.4 Å². The van der Waals surface area contributed by atoms with E-state index in [-0.39, 0.29) is 0 Å². The Labute approximate surface area is 177 Å². The molecule has 146 valence electrons. The number of benzene rings is 2. The van der Waals surface area contributed by atoms with Crippen molar-refractivity contribution >= 4 is 17.1 Å². The van der Waals surface area contributed by atoms with Gasteiger partial charge < -0.3 is 0 Å². The summed E-state index contributed by atoms with van der Waals surface area (Å²) < 4.78 is 0. The summed E-state index contributed by atoms with van der Waals surface area (Å²) in [7, 11) is 0. The van der Waals surface area contributed by atoms with Gasteiger partial charge in [0.1, 0.15) is 0 Å². The van der Waals surface area contributed by atoms with Gasteiger partial charge in [0.25, 0.3) is 0 Å². The summed E-state index contributed by atoms with van der Waals surface area (Å²) in [5.74, 6) is 0. The first-order chi connectivity index (χ1) is 14.7. The third-order valence-electron chi connectivity index (χ3n) is 5.31. The van der Waals surface area contributed by atoms with E-state index >= 15 is 0 Å². The second kappa shape index (κ2) is 9.15. The average molecular weight is 390 g/mol. The highest BCUT2D eigenvalue weighted by molar-refractivity contribution is 5.85. The second-order valence-electron chi connectivity index (χ2n) is 7.51. The van der Waals surface area contributed by atoms with Crippen LogP contribution in [-0.4, -0.2) is 11.2 Å². The molecule has 4 rings (SSSR count). The van der Waals surface area contributed by atoms with Gasteiger partial charge in [-0.2, -0.15) is 5.26 Å². The molecule has 2 heterocycles. The molecule has 1 aliphatic heterocycles. The molecule has 1 aromatic heterocycles. The molecule has 0 saturated heterocycles. The number of aliphatic imine (C=N–C) groups is 1. The van der Waals surface area contributed by atoms with E-state index in [9.17, 15) is 5.26 Å². The van der Waals surface area contributed by atoms with Crippen molar-refractivity contribution < 1.29 is 0 Å². The van der Waals surface area contributed by atoms with Gasteiger partial charge in [0.2, 0.25) is 0 Å². The van der Waals surface area contributed by atoms with E-state index in [1.165, 1.54) is 16.7 Å². The zero-order chi connectivity index (χ0) is 20.8. The number of hydrogen-bond donors (Lipinski definition) is 0. The first-order valence-corrected chi connectivity index (χ1v) is 10.1. The number of hydrogen-bond acceptors (Lipinski definition) is 3. The first kappa shape index (κ1) is 19.5. The average Bonchev–Trinajstić information content (AvgIpc) is 2.76. The van der Waals surface area contributed by atoms with Crippen LogP contribution in [-0.2, 0) is 19.3 Å². The molecule has 0 N–H and O–H groups in total. The van der Waals surface area contributed by atoms with E-state index in [1.807, 2.05) is 42.8 Å². The van der Waals surface area contributed by atoms with Gasteiger partial charge in [0, 0.05) is 24.0 Å². The fourth-order valence-electron chi connectivity index (χ4n) is 3.75. The quantitative estimate of drug-likeness (QED) is 0.545. The SMILES string of the molecule is CC1=C\C(Cc2ccnc3cc(CCc4ccccc4)c(C#N)cc23)=C/C=N/C=C\1. The topological polar surface area (TPSA) is 49.0 Å². The van der Waals surface area contributed by atoms with E-state index in [1.54, 1.807) is 6.20 Å². The van der Waals surface area contributed by atoms with Gasteiger partial charge in [-0.25, -0.2) is 0 Å². The van der Waals surface area contributed by atoms with Gasteiger partial charge in [0.05, 0.1) is 17.1 Å². The van der Waals surface area contributed by atoms with Gasteiger partial charge in [-0.05, 0) is 84.4 Å². The number of nitrogens with zero attached hydrogens (tertiary/aromatic N) is 3. The Morgan fingerprint density at radius 2 is 1.87 bits per heavy atom. The lowest BCUT2D eigenvalue weighted by Crippen LogP contribution is -1.98. The lowest BCUT2D eigenvalue weighted by Gasteiger charge is -2.11. The van der Waals surface area contributed by atoms with Crippen LogP contribution in [0, 0.1) is 11.3 Å². The van der Waals surface area contributed by atoms with Crippen LogP contribution in [0.15, 0.2) is 95.3 Å². The molecule has 0 unspecified atom stereocenters. The predicted octanol–water partition coefficient (Wildman–Crippen LogP) is 5.90. The Morgan fingerprint density at radius 3 is 2.70 bits per heavy atom. The first-order valence-electron chi connectivity index (χ1n) is 10.1. The van der Waals surface area contributed by atoms with Crippen molar-refractivity contribution in [2.75, 3.05) is 0 Å². The lowest BCUT2D eigenvalue weighted by atomic mass is 9.94. The molecular formula is C27H23N3. The molecular weight excluding hydrogens is 366 g/mol. The predicted molar refractivity (Wildman–Crippen MR) is 123 cm³/mol. The van der Waals surface area contributed by atoms with Crippen LogP contribution >= 0.6 is 0 Å². The fraction of sp³-hybridized carbons (Fsp3) is 0.148. The second-order valence-corrected chi connectivity index (χ2v) is 7.51. The van der Waals surface area contributed by atoms with E-state index in [0.29, 0.717) is 0 Å². The summed E-state index contributed by atoms with van der Waals surface area (Å²) in [5.41, 5.74) is 7.51. The van der Waals surface area contributed by atoms with Crippen LogP contribution < -0.4 is 0 Å². The van der Waals surface area contributed by atoms with Gasteiger partial charge in [-0.15, -0.1) is 0 Å². The van der Waals surface area contributed by atoms with E-state index in [0.717, 1.165) is 46.9 Å². The highest BCUT2D eigenvalue weighted by atomic mass is 14.7. The molecule has 1 aliphatic rings. The maximum absolute atomic E-state index is 9.77. The Morgan fingerprint density at radius 1 is 1.00 bits per heavy atom. The van der Waals surface area contributed by atoms with Crippen molar-refractivity contribution in [1.82, 2.24) is 4.98 Å². The molecule has 0 saturated carbocycles. The lowest BCUT2D eigenvalue weighted by molar-refractivity contribution is 0.957. The van der Waals surface area contributed by atoms with Crippen LogP contribution in [0.2, 0.25) is 0 Å². The van der Waals surface area contributed by atoms with Crippen molar-refractivity contribution in [2.24, 2.45) is 4.99 Å². The van der Waals surface area contributed by atoms with Gasteiger partial charge >= 0.3 is 0 Å². The Kier molecular flexibility index (Phi) is 5.96. The smallest absolute Gasteiger partial charge is 0.0994 e. The van der Waals surface area contributed by atoms with Gasteiger partial charge in [-0.1, -0.05) is 36.4 Å². The van der Waals surface area contributed by atoms with E-state index in [4.69, 9.17) is 0 Å². The molecule has 0 fully saturated rings. The minimum absolute atomic E-state index is 0.732. The number of fused-ring (bicyclic) bond motifs is 1. The summed E-state index contributed by atoms with van der Waals surface area (Å²) in [6.45, 7) is 2.07. The molecule has 3 nitrogen and oxygen atoms in total. The minimum atomic E-state index is 0.732. The molecule has 3 aromatic rings. The molecule has 2 aromatic carbocycles. The van der Waals surface area contributed by atoms with Gasteiger partial charge in [0.15, 0.2) is 0 Å². The molecule has 0 atom stereocenters. The number of pyridine rings is 1. The summed E-state index contributed by atoms with van der Waals surface area (Å²) in [4.78, 5) is 8.83. The highest BCUT2D eigenvalue weighted by Crippen LogP contribution is 2.25. The monoisotopic (exact) mass is 389 g/mol. The molecule has 3 heteroatoms. The number of aromatic nitrogens is 1. The highest BCUT2D eigenvalue weighted by Gasteiger charge is 2.10. The zero-order valence-corrected chi connectivity index (χ0v) is 17.0. The van der Waals surface area contributed by atoms with Crippen molar-refractivity contribution in [2.45, 2.75) is 26.2 Å². The number of aryl methyl sites for hydroxylation is 2. The molecule has 30 heavy (non-hydrogen) atoms.